The van der Waals surface area contributed by atoms with Gasteiger partial charge in [0.15, 0.2) is 5.65 Å². The maximum Gasteiger partial charge on any atom is 0.153 e. The van der Waals surface area contributed by atoms with E-state index in [1.54, 1.807) is 0 Å². The van der Waals surface area contributed by atoms with Crippen LogP contribution >= 0.6 is 15.9 Å². The maximum atomic E-state index is 5.55. The molecule has 17 heavy (non-hydrogen) atoms. The number of H-pyrrole nitrogens is 1. The highest BCUT2D eigenvalue weighted by atomic mass is 79.9. The molecule has 0 saturated carbocycles. The van der Waals surface area contributed by atoms with Gasteiger partial charge in [0.2, 0.25) is 0 Å². The molecule has 4 nitrogen and oxygen atoms in total. The lowest BCUT2D eigenvalue weighted by Gasteiger charge is -1.97. The maximum absolute atomic E-state index is 5.55. The van der Waals surface area contributed by atoms with Gasteiger partial charge in [0, 0.05) is 22.6 Å². The zero-order chi connectivity index (χ0) is 11.8. The molecule has 0 aliphatic heterocycles. The van der Waals surface area contributed by atoms with Crippen LogP contribution in [-0.4, -0.2) is 14.6 Å². The number of halogens is 1. The molecule has 0 spiro atoms. The van der Waals surface area contributed by atoms with E-state index in [4.69, 9.17) is 5.73 Å². The first-order valence-corrected chi connectivity index (χ1v) is 6.08. The lowest BCUT2D eigenvalue weighted by molar-refractivity contribution is 0.959. The van der Waals surface area contributed by atoms with E-state index in [0.29, 0.717) is 6.54 Å². The molecule has 3 aromatic rings. The van der Waals surface area contributed by atoms with Gasteiger partial charge in [0.05, 0.1) is 17.6 Å². The van der Waals surface area contributed by atoms with Gasteiger partial charge < -0.3 is 5.73 Å². The third-order valence-corrected chi connectivity index (χ3v) is 3.14. The summed E-state index contributed by atoms with van der Waals surface area (Å²) in [4.78, 5) is 4.39. The Morgan fingerprint density at radius 2 is 2.24 bits per heavy atom. The topological polar surface area (TPSA) is 59.1 Å². The largest absolute Gasteiger partial charge is 0.325 e. The van der Waals surface area contributed by atoms with Crippen LogP contribution in [0.3, 0.4) is 0 Å². The number of nitrogens with one attached hydrogen (secondary N) is 1. The first kappa shape index (κ1) is 10.6. The van der Waals surface area contributed by atoms with E-state index >= 15 is 0 Å². The van der Waals surface area contributed by atoms with E-state index in [1.807, 2.05) is 28.9 Å². The first-order valence-electron chi connectivity index (χ1n) is 5.29. The van der Waals surface area contributed by atoms with Crippen LogP contribution in [0.4, 0.5) is 0 Å². The monoisotopic (exact) mass is 290 g/mol. The summed E-state index contributed by atoms with van der Waals surface area (Å²) in [6.45, 7) is 0.460. The Labute approximate surface area is 107 Å². The van der Waals surface area contributed by atoms with Crippen molar-refractivity contribution in [3.8, 4) is 11.3 Å². The minimum atomic E-state index is 0.460. The molecule has 0 aliphatic rings. The normalized spacial score (nSPS) is 11.2. The standard InChI is InChI=1S/C12H11BrN4/c13-9-3-1-2-8(4-9)11-5-12-15-10(6-14)7-17(12)16-11/h1-5,7,16H,6,14H2. The van der Waals surface area contributed by atoms with E-state index in [1.165, 1.54) is 0 Å². The Morgan fingerprint density at radius 1 is 1.35 bits per heavy atom. The van der Waals surface area contributed by atoms with Gasteiger partial charge in [-0.3, -0.25) is 5.10 Å². The lowest BCUT2D eigenvalue weighted by atomic mass is 10.2. The van der Waals surface area contributed by atoms with Crippen molar-refractivity contribution >= 4 is 21.6 Å². The number of hydrogen-bond acceptors (Lipinski definition) is 2. The molecule has 0 aliphatic carbocycles. The Morgan fingerprint density at radius 3 is 2.94 bits per heavy atom. The molecule has 0 saturated heterocycles. The van der Waals surface area contributed by atoms with Gasteiger partial charge in [0.25, 0.3) is 0 Å². The number of benzene rings is 1. The fourth-order valence-electron chi connectivity index (χ4n) is 1.83. The van der Waals surface area contributed by atoms with Crippen molar-refractivity contribution in [1.82, 2.24) is 14.6 Å². The second kappa shape index (κ2) is 4.01. The van der Waals surface area contributed by atoms with Gasteiger partial charge in [0.1, 0.15) is 0 Å². The highest BCUT2D eigenvalue weighted by molar-refractivity contribution is 9.10. The number of aromatic amines is 1. The first-order chi connectivity index (χ1) is 8.26. The highest BCUT2D eigenvalue weighted by Gasteiger charge is 2.06. The zero-order valence-corrected chi connectivity index (χ0v) is 10.6. The number of fused-ring (bicyclic) bond motifs is 1. The van der Waals surface area contributed by atoms with Crippen molar-refractivity contribution < 1.29 is 0 Å². The number of rotatable bonds is 2. The van der Waals surface area contributed by atoms with E-state index in [-0.39, 0.29) is 0 Å². The second-order valence-electron chi connectivity index (χ2n) is 3.84. The van der Waals surface area contributed by atoms with Crippen molar-refractivity contribution in [2.75, 3.05) is 0 Å². The van der Waals surface area contributed by atoms with Crippen LogP contribution < -0.4 is 5.73 Å². The molecule has 0 atom stereocenters. The number of nitrogens with two attached hydrogens (primary N) is 1. The van der Waals surface area contributed by atoms with Gasteiger partial charge in [-0.25, -0.2) is 9.50 Å². The molecule has 0 amide bonds. The van der Waals surface area contributed by atoms with Crippen LogP contribution in [-0.2, 0) is 6.54 Å². The number of imidazole rings is 1. The summed E-state index contributed by atoms with van der Waals surface area (Å²) in [5.74, 6) is 0. The molecule has 3 rings (SSSR count). The molecule has 0 bridgehead atoms. The van der Waals surface area contributed by atoms with E-state index < -0.39 is 0 Å². The molecule has 0 fully saturated rings. The van der Waals surface area contributed by atoms with Crippen LogP contribution in [0.15, 0.2) is 41.0 Å². The van der Waals surface area contributed by atoms with E-state index in [2.05, 4.69) is 38.1 Å². The molecule has 86 valence electrons. The van der Waals surface area contributed by atoms with Crippen LogP contribution in [0.5, 0.6) is 0 Å². The summed E-state index contributed by atoms with van der Waals surface area (Å²) in [7, 11) is 0. The van der Waals surface area contributed by atoms with Gasteiger partial charge in [-0.1, -0.05) is 28.1 Å². The molecule has 2 aromatic heterocycles. The Bertz CT molecular complexity index is 637. The molecule has 2 heterocycles. The van der Waals surface area contributed by atoms with Crippen LogP contribution in [0.25, 0.3) is 16.9 Å². The predicted molar refractivity (Wildman–Crippen MR) is 70.6 cm³/mol. The summed E-state index contributed by atoms with van der Waals surface area (Å²) >= 11 is 3.46. The minimum Gasteiger partial charge on any atom is -0.325 e. The van der Waals surface area contributed by atoms with Crippen molar-refractivity contribution in [2.45, 2.75) is 6.54 Å². The minimum absolute atomic E-state index is 0.460. The Balaban J connectivity index is 2.09. The van der Waals surface area contributed by atoms with Gasteiger partial charge in [-0.05, 0) is 12.1 Å². The number of nitrogens with zero attached hydrogens (tertiary/aromatic N) is 2. The summed E-state index contributed by atoms with van der Waals surface area (Å²) in [5.41, 5.74) is 9.48. The SMILES string of the molecule is NCc1cn2[nH]c(-c3cccc(Br)c3)cc2n1. The molecular formula is C12H11BrN4. The highest BCUT2D eigenvalue weighted by Crippen LogP contribution is 2.22. The van der Waals surface area contributed by atoms with Gasteiger partial charge in [-0.15, -0.1) is 0 Å². The third-order valence-electron chi connectivity index (χ3n) is 2.64. The lowest BCUT2D eigenvalue weighted by Crippen LogP contribution is -1.95. The third kappa shape index (κ3) is 1.87. The Kier molecular flexibility index (Phi) is 2.49. The van der Waals surface area contributed by atoms with Gasteiger partial charge in [-0.2, -0.15) is 0 Å². The molecule has 3 N–H and O–H groups in total. The van der Waals surface area contributed by atoms with Crippen molar-refractivity contribution in [3.63, 3.8) is 0 Å². The van der Waals surface area contributed by atoms with Crippen LogP contribution in [0, 0.1) is 0 Å². The van der Waals surface area contributed by atoms with Crippen molar-refractivity contribution in [2.24, 2.45) is 5.73 Å². The van der Waals surface area contributed by atoms with E-state index in [0.717, 1.165) is 27.1 Å². The fraction of sp³-hybridized carbons (Fsp3) is 0.0833. The van der Waals surface area contributed by atoms with Crippen molar-refractivity contribution in [3.05, 3.63) is 46.7 Å². The average molecular weight is 291 g/mol. The summed E-state index contributed by atoms with van der Waals surface area (Å²) in [6.07, 6.45) is 1.91. The number of aromatic nitrogens is 3. The smallest absolute Gasteiger partial charge is 0.153 e. The quantitative estimate of drug-likeness (QED) is 0.762. The summed E-state index contributed by atoms with van der Waals surface area (Å²) in [5, 5.41) is 3.27. The fourth-order valence-corrected chi connectivity index (χ4v) is 2.23. The predicted octanol–water partition coefficient (Wildman–Crippen LogP) is 2.55. The van der Waals surface area contributed by atoms with Crippen molar-refractivity contribution in [1.29, 1.82) is 0 Å². The molecule has 5 heteroatoms. The average Bonchev–Trinajstić information content (AvgIpc) is 2.86. The molecule has 0 unspecified atom stereocenters. The van der Waals surface area contributed by atoms with Crippen LogP contribution in [0.2, 0.25) is 0 Å². The zero-order valence-electron chi connectivity index (χ0n) is 9.02. The van der Waals surface area contributed by atoms with Crippen LogP contribution in [0.1, 0.15) is 5.69 Å². The molecule has 1 aromatic carbocycles. The molecule has 0 radical (unpaired) electrons. The second-order valence-corrected chi connectivity index (χ2v) is 4.76. The van der Waals surface area contributed by atoms with E-state index in [9.17, 15) is 0 Å². The summed E-state index contributed by atoms with van der Waals surface area (Å²) in [6, 6.07) is 10.1. The number of hydrogen-bond donors (Lipinski definition) is 2. The molecular weight excluding hydrogens is 280 g/mol. The summed E-state index contributed by atoms with van der Waals surface area (Å²) < 4.78 is 2.95. The van der Waals surface area contributed by atoms with Gasteiger partial charge >= 0.3 is 0 Å². The Hall–Kier alpha value is -1.59.